The van der Waals surface area contributed by atoms with Crippen LogP contribution in [0, 0.1) is 6.92 Å². The van der Waals surface area contributed by atoms with Crippen molar-refractivity contribution in [3.05, 3.63) is 128 Å². The second-order valence-electron chi connectivity index (χ2n) is 10.8. The molecule has 2 aliphatic heterocycles. The lowest BCUT2D eigenvalue weighted by Gasteiger charge is -2.32. The number of thiazole rings is 1. The van der Waals surface area contributed by atoms with Crippen molar-refractivity contribution in [2.45, 2.75) is 19.0 Å². The number of carbonyl (C=O) groups excluding carboxylic acids is 2. The van der Waals surface area contributed by atoms with Gasteiger partial charge in [0.1, 0.15) is 11.3 Å². The molecule has 8 rings (SSSR count). The van der Waals surface area contributed by atoms with Gasteiger partial charge in [-0.3, -0.25) is 19.3 Å². The van der Waals surface area contributed by atoms with Crippen molar-refractivity contribution in [2.24, 2.45) is 0 Å². The average Bonchev–Trinajstić information content (AvgIpc) is 3.64. The van der Waals surface area contributed by atoms with Gasteiger partial charge in [0.05, 0.1) is 40.5 Å². The number of para-hydroxylation sites is 1. The van der Waals surface area contributed by atoms with E-state index < -0.39 is 22.8 Å². The molecule has 216 valence electrons. The molecule has 0 fully saturated rings. The number of hydrogen-bond donors (Lipinski definition) is 0. The largest absolute Gasteiger partial charge is 0.497 e. The molecule has 0 radical (unpaired) electrons. The van der Waals surface area contributed by atoms with Crippen LogP contribution in [0.5, 0.6) is 5.75 Å². The van der Waals surface area contributed by atoms with E-state index >= 15 is 4.79 Å². The molecular formula is C34H22ClN3O5S. The summed E-state index contributed by atoms with van der Waals surface area (Å²) in [7, 11) is 1.57. The van der Waals surface area contributed by atoms with Crippen LogP contribution < -0.4 is 20.0 Å². The number of aryl methyl sites for hydroxylation is 1. The molecule has 44 heavy (non-hydrogen) atoms. The van der Waals surface area contributed by atoms with Crippen LogP contribution in [0.25, 0.3) is 21.2 Å². The summed E-state index contributed by atoms with van der Waals surface area (Å²) in [5, 5.41) is 1.05. The van der Waals surface area contributed by atoms with E-state index in [0.29, 0.717) is 32.9 Å². The van der Waals surface area contributed by atoms with Gasteiger partial charge in [0, 0.05) is 10.6 Å². The Hall–Kier alpha value is -4.99. The van der Waals surface area contributed by atoms with Gasteiger partial charge in [-0.25, -0.2) is 4.98 Å². The van der Waals surface area contributed by atoms with Gasteiger partial charge in [0.2, 0.25) is 5.76 Å². The summed E-state index contributed by atoms with van der Waals surface area (Å²) < 4.78 is 12.4. The number of benzene rings is 4. The first-order chi connectivity index (χ1) is 21.3. The van der Waals surface area contributed by atoms with Crippen LogP contribution in [-0.4, -0.2) is 23.9 Å². The van der Waals surface area contributed by atoms with Crippen LogP contribution in [0.15, 0.2) is 94.1 Å². The molecule has 0 bridgehead atoms. The van der Waals surface area contributed by atoms with E-state index in [-0.39, 0.29) is 28.6 Å². The van der Waals surface area contributed by atoms with Gasteiger partial charge in [-0.05, 0) is 55.0 Å². The van der Waals surface area contributed by atoms with E-state index in [2.05, 4.69) is 0 Å². The van der Waals surface area contributed by atoms with E-state index in [4.69, 9.17) is 25.7 Å². The monoisotopic (exact) mass is 619 g/mol. The summed E-state index contributed by atoms with van der Waals surface area (Å²) in [6, 6.07) is 25.1. The second-order valence-corrected chi connectivity index (χ2v) is 12.2. The molecule has 1 unspecified atom stereocenters. The van der Waals surface area contributed by atoms with Crippen molar-refractivity contribution in [2.75, 3.05) is 16.9 Å². The Balaban J connectivity index is 1.45. The highest BCUT2D eigenvalue weighted by atomic mass is 35.5. The fourth-order valence-corrected chi connectivity index (χ4v) is 7.59. The molecular weight excluding hydrogens is 598 g/mol. The summed E-state index contributed by atoms with van der Waals surface area (Å²) in [4.78, 5) is 51.9. The third kappa shape index (κ3) is 3.51. The zero-order valence-corrected chi connectivity index (χ0v) is 25.0. The van der Waals surface area contributed by atoms with Crippen molar-refractivity contribution in [1.82, 2.24) is 4.98 Å². The first-order valence-corrected chi connectivity index (χ1v) is 15.0. The maximum atomic E-state index is 15.1. The van der Waals surface area contributed by atoms with Crippen molar-refractivity contribution < 1.29 is 18.7 Å². The molecule has 1 spiro atoms. The highest BCUT2D eigenvalue weighted by Gasteiger charge is 2.66. The summed E-state index contributed by atoms with van der Waals surface area (Å²) >= 11 is 7.78. The molecule has 2 aromatic heterocycles. The van der Waals surface area contributed by atoms with Crippen LogP contribution in [0.4, 0.5) is 10.8 Å². The number of rotatable bonds is 4. The number of methoxy groups -OCH3 is 1. The second kappa shape index (κ2) is 9.51. The number of amides is 2. The minimum absolute atomic E-state index is 0.0171. The maximum Gasteiger partial charge on any atom is 0.297 e. The van der Waals surface area contributed by atoms with Gasteiger partial charge >= 0.3 is 0 Å². The molecule has 4 aromatic carbocycles. The minimum Gasteiger partial charge on any atom is -0.497 e. The smallest absolute Gasteiger partial charge is 0.297 e. The Morgan fingerprint density at radius 3 is 2.59 bits per heavy atom. The predicted molar refractivity (Wildman–Crippen MR) is 170 cm³/mol. The first kappa shape index (κ1) is 26.6. The van der Waals surface area contributed by atoms with Crippen molar-refractivity contribution in [3.8, 4) is 5.75 Å². The highest BCUT2D eigenvalue weighted by Crippen LogP contribution is 2.55. The van der Waals surface area contributed by atoms with Gasteiger partial charge in [-0.1, -0.05) is 71.0 Å². The van der Waals surface area contributed by atoms with Crippen molar-refractivity contribution in [3.63, 3.8) is 0 Å². The molecule has 0 saturated heterocycles. The molecule has 4 heterocycles. The number of carbonyl (C=O) groups is 2. The van der Waals surface area contributed by atoms with Gasteiger partial charge in [0.15, 0.2) is 16.1 Å². The fraction of sp³-hybridized carbons (Fsp3) is 0.118. The molecule has 0 saturated carbocycles. The molecule has 2 aliphatic rings. The van der Waals surface area contributed by atoms with Gasteiger partial charge in [-0.15, -0.1) is 0 Å². The number of aromatic nitrogens is 1. The Labute approximate surface area is 259 Å². The van der Waals surface area contributed by atoms with Crippen LogP contribution >= 0.6 is 22.9 Å². The SMILES string of the molecule is COc1ccc2nc(N3C(=O)c4oc5ccc(C)cc5c(=O)c4C34C(=O)N(Cc3ccccc3Cl)c3ccccc34)sc2c1. The standard InChI is InChI=1S/C34H22ClN3O5S/c1-18-11-14-26-21(15-18)29(39)28-30(43-26)31(40)38(33-36-24-13-12-20(42-2)16-27(24)44-33)34(28)22-8-4-6-10-25(22)37(32(34)41)17-19-7-3-5-9-23(19)35/h3-16H,17H2,1-2H3. The normalized spacial score (nSPS) is 17.2. The predicted octanol–water partition coefficient (Wildman–Crippen LogP) is 6.82. The fourth-order valence-electron chi connectivity index (χ4n) is 6.35. The highest BCUT2D eigenvalue weighted by molar-refractivity contribution is 7.22. The summed E-state index contributed by atoms with van der Waals surface area (Å²) in [5.41, 5.74) is 1.19. The summed E-state index contributed by atoms with van der Waals surface area (Å²) in [6.07, 6.45) is 0. The number of hydrogen-bond acceptors (Lipinski definition) is 7. The number of anilines is 2. The van der Waals surface area contributed by atoms with E-state index in [1.807, 2.05) is 49.4 Å². The van der Waals surface area contributed by atoms with Crippen LogP contribution in [0.2, 0.25) is 5.02 Å². The summed E-state index contributed by atoms with van der Waals surface area (Å²) in [5.74, 6) is -0.633. The third-order valence-electron chi connectivity index (χ3n) is 8.34. The number of ether oxygens (including phenoxy) is 1. The van der Waals surface area contributed by atoms with Crippen LogP contribution in [0.3, 0.4) is 0 Å². The maximum absolute atomic E-state index is 15.1. The third-order valence-corrected chi connectivity index (χ3v) is 9.71. The Morgan fingerprint density at radius 1 is 0.977 bits per heavy atom. The molecule has 1 atom stereocenters. The van der Waals surface area contributed by atoms with Gasteiger partial charge < -0.3 is 14.1 Å². The number of halogens is 1. The van der Waals surface area contributed by atoms with Gasteiger partial charge in [0.25, 0.3) is 11.8 Å². The molecule has 2 amide bonds. The number of nitrogens with zero attached hydrogens (tertiary/aromatic N) is 3. The molecule has 0 aliphatic carbocycles. The zero-order valence-electron chi connectivity index (χ0n) is 23.5. The lowest BCUT2D eigenvalue weighted by molar-refractivity contribution is -0.121. The van der Waals surface area contributed by atoms with Crippen molar-refractivity contribution in [1.29, 1.82) is 0 Å². The topological polar surface area (TPSA) is 93.0 Å². The molecule has 6 aromatic rings. The lowest BCUT2D eigenvalue weighted by atomic mass is 9.84. The average molecular weight is 620 g/mol. The van der Waals surface area contributed by atoms with E-state index in [9.17, 15) is 9.59 Å². The summed E-state index contributed by atoms with van der Waals surface area (Å²) in [6.45, 7) is 2.00. The van der Waals surface area contributed by atoms with E-state index in [1.165, 1.54) is 16.2 Å². The Morgan fingerprint density at radius 2 is 1.77 bits per heavy atom. The number of fused-ring (bicyclic) bond motifs is 6. The first-order valence-electron chi connectivity index (χ1n) is 13.8. The van der Waals surface area contributed by atoms with Crippen molar-refractivity contribution >= 4 is 66.8 Å². The molecule has 8 nitrogen and oxygen atoms in total. The zero-order chi connectivity index (χ0) is 30.3. The van der Waals surface area contributed by atoms with Gasteiger partial charge in [-0.2, -0.15) is 0 Å². The van der Waals surface area contributed by atoms with Crippen LogP contribution in [-0.2, 0) is 16.9 Å². The molecule has 0 N–H and O–H groups in total. The van der Waals surface area contributed by atoms with E-state index in [0.717, 1.165) is 15.8 Å². The lowest BCUT2D eigenvalue weighted by Crippen LogP contribution is -2.53. The quantitative estimate of drug-likeness (QED) is 0.215. The van der Waals surface area contributed by atoms with Crippen LogP contribution in [0.1, 0.15) is 32.8 Å². The Kier molecular flexibility index (Phi) is 5.75. The Bertz CT molecular complexity index is 2280. The minimum atomic E-state index is -1.86. The van der Waals surface area contributed by atoms with E-state index in [1.54, 1.807) is 54.5 Å². The molecule has 10 heteroatoms.